The number of nitrogens with one attached hydrogen (secondary N) is 2. The van der Waals surface area contributed by atoms with Crippen molar-refractivity contribution < 1.29 is 0 Å². The predicted molar refractivity (Wildman–Crippen MR) is 78.3 cm³/mol. The Labute approximate surface area is 112 Å². The van der Waals surface area contributed by atoms with Gasteiger partial charge in [0.25, 0.3) is 0 Å². The topological polar surface area (TPSA) is 27.8 Å². The molecule has 0 spiro atoms. The minimum Gasteiger partial charge on any atom is -0.358 e. The minimum absolute atomic E-state index is 0.428. The van der Waals surface area contributed by atoms with Gasteiger partial charge in [-0.15, -0.1) is 0 Å². The van der Waals surface area contributed by atoms with Gasteiger partial charge in [0.2, 0.25) is 0 Å². The first-order valence-electron chi connectivity index (χ1n) is 6.78. The molecule has 4 rings (SSSR count). The lowest BCUT2D eigenvalue weighted by atomic mass is 9.90. The Morgan fingerprint density at radius 1 is 0.895 bits per heavy atom. The number of benzene rings is 2. The van der Waals surface area contributed by atoms with Gasteiger partial charge in [-0.25, -0.2) is 0 Å². The predicted octanol–water partition coefficient (Wildman–Crippen LogP) is 3.40. The summed E-state index contributed by atoms with van der Waals surface area (Å²) in [6.07, 6.45) is 0. The summed E-state index contributed by atoms with van der Waals surface area (Å²) in [6, 6.07) is 19.3. The number of rotatable bonds is 1. The van der Waals surface area contributed by atoms with Crippen LogP contribution in [0.25, 0.3) is 10.9 Å². The Morgan fingerprint density at radius 2 is 1.68 bits per heavy atom. The van der Waals surface area contributed by atoms with Crippen LogP contribution in [0.2, 0.25) is 0 Å². The highest BCUT2D eigenvalue weighted by Gasteiger charge is 2.24. The highest BCUT2D eigenvalue weighted by molar-refractivity contribution is 5.85. The zero-order chi connectivity index (χ0) is 12.7. The molecule has 94 valence electrons. The summed E-state index contributed by atoms with van der Waals surface area (Å²) >= 11 is 0. The Balaban J connectivity index is 1.91. The van der Waals surface area contributed by atoms with Crippen LogP contribution in [0.4, 0.5) is 0 Å². The van der Waals surface area contributed by atoms with E-state index in [4.69, 9.17) is 0 Å². The van der Waals surface area contributed by atoms with Gasteiger partial charge in [-0.2, -0.15) is 0 Å². The SMILES string of the molecule is c1ccc(C2CNCc3c2[nH]c2ccccc32)cc1. The first kappa shape index (κ1) is 10.8. The monoisotopic (exact) mass is 248 g/mol. The highest BCUT2D eigenvalue weighted by atomic mass is 14.9. The number of hydrogen-bond acceptors (Lipinski definition) is 1. The van der Waals surface area contributed by atoms with Crippen molar-refractivity contribution in [2.45, 2.75) is 12.5 Å². The van der Waals surface area contributed by atoms with E-state index in [0.717, 1.165) is 13.1 Å². The van der Waals surface area contributed by atoms with Crippen LogP contribution in [0.1, 0.15) is 22.7 Å². The van der Waals surface area contributed by atoms with E-state index in [1.54, 1.807) is 0 Å². The Kier molecular flexibility index (Phi) is 2.42. The van der Waals surface area contributed by atoms with Crippen LogP contribution < -0.4 is 5.32 Å². The summed E-state index contributed by atoms with van der Waals surface area (Å²) in [5.41, 5.74) is 5.43. The van der Waals surface area contributed by atoms with Crippen LogP contribution in [-0.4, -0.2) is 11.5 Å². The number of H-pyrrole nitrogens is 1. The molecule has 0 bridgehead atoms. The molecule has 1 atom stereocenters. The standard InChI is InChI=1S/C17H16N2/c1-2-6-12(7-3-1)14-10-18-11-15-13-8-4-5-9-16(13)19-17(14)15/h1-9,14,18-19H,10-11H2. The molecule has 3 aromatic rings. The molecular weight excluding hydrogens is 232 g/mol. The molecule has 0 aliphatic carbocycles. The molecule has 0 radical (unpaired) electrons. The summed E-state index contributed by atoms with van der Waals surface area (Å²) in [4.78, 5) is 3.62. The Morgan fingerprint density at radius 3 is 2.58 bits per heavy atom. The van der Waals surface area contributed by atoms with Gasteiger partial charge in [-0.3, -0.25) is 0 Å². The maximum absolute atomic E-state index is 3.62. The normalized spacial score (nSPS) is 18.4. The largest absolute Gasteiger partial charge is 0.358 e. The van der Waals surface area contributed by atoms with Crippen molar-refractivity contribution in [3.63, 3.8) is 0 Å². The Hall–Kier alpha value is -2.06. The van der Waals surface area contributed by atoms with Crippen LogP contribution in [0.15, 0.2) is 54.6 Å². The van der Waals surface area contributed by atoms with Crippen molar-refractivity contribution in [2.24, 2.45) is 0 Å². The summed E-state index contributed by atoms with van der Waals surface area (Å²) in [7, 11) is 0. The van der Waals surface area contributed by atoms with E-state index in [1.165, 1.54) is 27.7 Å². The van der Waals surface area contributed by atoms with Gasteiger partial charge in [0.1, 0.15) is 0 Å². The molecule has 1 aromatic heterocycles. The minimum atomic E-state index is 0.428. The average molecular weight is 248 g/mol. The third-order valence-corrected chi connectivity index (χ3v) is 4.05. The molecular formula is C17H16N2. The molecule has 2 heterocycles. The smallest absolute Gasteiger partial charge is 0.0459 e. The van der Waals surface area contributed by atoms with Crippen molar-refractivity contribution in [3.8, 4) is 0 Å². The first-order chi connectivity index (χ1) is 9.43. The van der Waals surface area contributed by atoms with Crippen molar-refractivity contribution in [1.29, 1.82) is 0 Å². The van der Waals surface area contributed by atoms with Gasteiger partial charge in [-0.05, 0) is 17.2 Å². The maximum atomic E-state index is 3.62. The first-order valence-corrected chi connectivity index (χ1v) is 6.78. The van der Waals surface area contributed by atoms with Gasteiger partial charge in [0.05, 0.1) is 0 Å². The van der Waals surface area contributed by atoms with Gasteiger partial charge in [0.15, 0.2) is 0 Å². The lowest BCUT2D eigenvalue weighted by molar-refractivity contribution is 0.586. The summed E-state index contributed by atoms with van der Waals surface area (Å²) in [5.74, 6) is 0.428. The van der Waals surface area contributed by atoms with E-state index in [2.05, 4.69) is 64.9 Å². The van der Waals surface area contributed by atoms with Crippen LogP contribution >= 0.6 is 0 Å². The lowest BCUT2D eigenvalue weighted by Crippen LogP contribution is -2.28. The molecule has 0 fully saturated rings. The van der Waals surface area contributed by atoms with Gasteiger partial charge in [-0.1, -0.05) is 48.5 Å². The number of fused-ring (bicyclic) bond motifs is 3. The van der Waals surface area contributed by atoms with Gasteiger partial charge in [0, 0.05) is 35.6 Å². The summed E-state index contributed by atoms with van der Waals surface area (Å²) in [5, 5.41) is 4.90. The average Bonchev–Trinajstić information content (AvgIpc) is 2.87. The van der Waals surface area contributed by atoms with Crippen LogP contribution in [0, 0.1) is 0 Å². The third-order valence-electron chi connectivity index (χ3n) is 4.05. The lowest BCUT2D eigenvalue weighted by Gasteiger charge is -2.24. The molecule has 1 unspecified atom stereocenters. The fraction of sp³-hybridized carbons (Fsp3) is 0.176. The van der Waals surface area contributed by atoms with E-state index in [9.17, 15) is 0 Å². The summed E-state index contributed by atoms with van der Waals surface area (Å²) in [6.45, 7) is 1.96. The number of aromatic nitrogens is 1. The number of hydrogen-bond donors (Lipinski definition) is 2. The van der Waals surface area contributed by atoms with Crippen LogP contribution in [0.3, 0.4) is 0 Å². The van der Waals surface area contributed by atoms with E-state index in [-0.39, 0.29) is 0 Å². The maximum Gasteiger partial charge on any atom is 0.0459 e. The molecule has 19 heavy (non-hydrogen) atoms. The Bertz CT molecular complexity index is 712. The van der Waals surface area contributed by atoms with E-state index < -0.39 is 0 Å². The van der Waals surface area contributed by atoms with Gasteiger partial charge < -0.3 is 10.3 Å². The molecule has 2 N–H and O–H groups in total. The van der Waals surface area contributed by atoms with Crippen molar-refractivity contribution in [2.75, 3.05) is 6.54 Å². The fourth-order valence-electron chi connectivity index (χ4n) is 3.12. The molecule has 0 saturated heterocycles. The van der Waals surface area contributed by atoms with E-state index in [0.29, 0.717) is 5.92 Å². The zero-order valence-corrected chi connectivity index (χ0v) is 10.7. The number of aromatic amines is 1. The second kappa shape index (κ2) is 4.25. The molecule has 1 aliphatic heterocycles. The molecule has 2 nitrogen and oxygen atoms in total. The zero-order valence-electron chi connectivity index (χ0n) is 10.7. The second-order valence-corrected chi connectivity index (χ2v) is 5.16. The van der Waals surface area contributed by atoms with Crippen LogP contribution in [0.5, 0.6) is 0 Å². The molecule has 1 aliphatic rings. The summed E-state index contributed by atoms with van der Waals surface area (Å²) < 4.78 is 0. The molecule has 0 amide bonds. The molecule has 2 heteroatoms. The van der Waals surface area contributed by atoms with E-state index >= 15 is 0 Å². The fourth-order valence-corrected chi connectivity index (χ4v) is 3.12. The quantitative estimate of drug-likeness (QED) is 0.678. The van der Waals surface area contributed by atoms with Crippen molar-refractivity contribution in [3.05, 3.63) is 71.4 Å². The third kappa shape index (κ3) is 1.68. The second-order valence-electron chi connectivity index (χ2n) is 5.16. The van der Waals surface area contributed by atoms with Crippen LogP contribution in [-0.2, 0) is 6.54 Å². The number of para-hydroxylation sites is 1. The highest BCUT2D eigenvalue weighted by Crippen LogP contribution is 2.33. The van der Waals surface area contributed by atoms with Crippen molar-refractivity contribution in [1.82, 2.24) is 10.3 Å². The molecule has 2 aromatic carbocycles. The molecule has 0 saturated carbocycles. The van der Waals surface area contributed by atoms with Crippen molar-refractivity contribution >= 4 is 10.9 Å². The van der Waals surface area contributed by atoms with E-state index in [1.807, 2.05) is 0 Å². The van der Waals surface area contributed by atoms with Gasteiger partial charge >= 0.3 is 0 Å².